The number of aryl methyl sites for hydroxylation is 3. The van der Waals surface area contributed by atoms with Crippen molar-refractivity contribution in [3.8, 4) is 17.7 Å². The van der Waals surface area contributed by atoms with E-state index in [-0.39, 0.29) is 119 Å². The monoisotopic (exact) mass is 1220 g/mol. The van der Waals surface area contributed by atoms with Crippen LogP contribution in [-0.2, 0) is 50.6 Å². The van der Waals surface area contributed by atoms with Crippen LogP contribution in [0.25, 0.3) is 37.7 Å². The number of thioether (sulfide) groups is 1. The topological polar surface area (TPSA) is 429 Å². The summed E-state index contributed by atoms with van der Waals surface area (Å²) in [5.41, 5.74) is 1.23. The molecular formula is C45H40N10O17S7. The van der Waals surface area contributed by atoms with Crippen molar-refractivity contribution in [3.63, 3.8) is 0 Å². The Hall–Kier alpha value is -7.01. The minimum atomic E-state index is -4.88. The van der Waals surface area contributed by atoms with Gasteiger partial charge in [-0.25, -0.2) is 9.97 Å². The Bertz CT molecular complexity index is 4610. The molecule has 3 aromatic heterocycles. The molecule has 27 nitrogen and oxygen atoms in total. The molecule has 0 saturated carbocycles. The molecule has 34 heteroatoms. The first-order valence-electron chi connectivity index (χ1n) is 22.4. The molecule has 3 heterocycles. The standard InChI is InChI=1S/C45H40N10O17S7/c1-22-15-32(51-53-40-24(3)29(21-46)43-47-39-25(4)37(78(66,67)68)10-9-34(39)55(43)44(40)56)35(72-11-5-13-75(57,58)59)19-30(22)49-52-33-16-23(2)31(20-36(33)73-12-6-14-76(60,61)62)50-54-45-48-41-38(79(69,70)71)17-26-7-8-27(77(63,64)65)18-28(26)42(41)74-45/h7-10,15-20,56H,5-6,11-14H2,1-4H3,(H,57,58,59)(H,60,61,62)(H,63,64,65)(H,66,67,68)(H,69,70,71). The summed E-state index contributed by atoms with van der Waals surface area (Å²) >= 11 is 1.91. The molecule has 0 bridgehead atoms. The lowest BCUT2D eigenvalue weighted by molar-refractivity contribution is 0.317. The molecule has 0 aliphatic heterocycles. The van der Waals surface area contributed by atoms with Gasteiger partial charge in [0.05, 0.1) is 60.7 Å². The maximum atomic E-state index is 12.5. The van der Waals surface area contributed by atoms with E-state index in [0.29, 0.717) is 16.0 Å². The Morgan fingerprint density at radius 2 is 1.28 bits per heavy atom. The maximum Gasteiger partial charge on any atom is 0.296 e. The van der Waals surface area contributed by atoms with Crippen molar-refractivity contribution in [3.05, 3.63) is 88.5 Å². The number of benzene rings is 5. The van der Waals surface area contributed by atoms with Gasteiger partial charge in [-0.2, -0.15) is 52.5 Å². The van der Waals surface area contributed by atoms with Crippen LogP contribution in [0.2, 0.25) is 0 Å². The largest absolute Gasteiger partial charge is 0.493 e. The smallest absolute Gasteiger partial charge is 0.296 e. The average Bonchev–Trinajstić information content (AvgIpc) is 4.18. The SMILES string of the molecule is Cc1cc(N=Nc2cc(OCCCS(=O)(=O)O)c(N=Nc3c(C)c(C#N)c4nc5c(C)c(S(=O)(=O)O)ccc5n4c3O)cc2C)c(SCCCS(=O)(=O)O)cc1N=Nc1nc2c(S(=O)(=O)O)cc3ccc(S(=O)(=O)O)cc3c2s1. The molecule has 0 amide bonds. The number of fused-ring (bicyclic) bond motifs is 6. The minimum Gasteiger partial charge on any atom is -0.493 e. The number of azo groups is 3. The van der Waals surface area contributed by atoms with Gasteiger partial charge in [0.25, 0.3) is 50.6 Å². The van der Waals surface area contributed by atoms with Crippen LogP contribution in [0.1, 0.15) is 40.7 Å². The Morgan fingerprint density at radius 1 is 0.658 bits per heavy atom. The van der Waals surface area contributed by atoms with Crippen LogP contribution in [-0.4, -0.2) is 108 Å². The minimum absolute atomic E-state index is 0.00357. The first-order valence-corrected chi connectivity index (χ1v) is 31.7. The van der Waals surface area contributed by atoms with Gasteiger partial charge in [-0.05, 0) is 117 Å². The molecule has 0 unspecified atom stereocenters. The predicted molar refractivity (Wildman–Crippen MR) is 288 cm³/mol. The number of thiazole rings is 1. The van der Waals surface area contributed by atoms with Crippen molar-refractivity contribution in [2.24, 2.45) is 30.7 Å². The van der Waals surface area contributed by atoms with Gasteiger partial charge in [0.15, 0.2) is 11.3 Å². The first kappa shape index (κ1) is 58.1. The first-order chi connectivity index (χ1) is 36.8. The van der Waals surface area contributed by atoms with Gasteiger partial charge in [-0.15, -0.1) is 37.3 Å². The van der Waals surface area contributed by atoms with Gasteiger partial charge in [0.2, 0.25) is 11.0 Å². The second-order valence-electron chi connectivity index (χ2n) is 17.3. The molecule has 0 radical (unpaired) electrons. The molecule has 0 aliphatic rings. The number of imidazole rings is 1. The van der Waals surface area contributed by atoms with Crippen molar-refractivity contribution >= 4 is 145 Å². The highest BCUT2D eigenvalue weighted by atomic mass is 32.2. The van der Waals surface area contributed by atoms with E-state index >= 15 is 0 Å². The highest BCUT2D eigenvalue weighted by molar-refractivity contribution is 7.99. The zero-order valence-corrected chi connectivity index (χ0v) is 46.7. The number of hydrogen-bond donors (Lipinski definition) is 6. The molecule has 8 aromatic rings. The number of hydrogen-bond acceptors (Lipinski definition) is 23. The lowest BCUT2D eigenvalue weighted by atomic mass is 10.1. The number of ether oxygens (including phenoxy) is 1. The Kier molecular flexibility index (Phi) is 16.1. The van der Waals surface area contributed by atoms with E-state index in [4.69, 9.17) is 4.74 Å². The molecule has 0 fully saturated rings. The van der Waals surface area contributed by atoms with Gasteiger partial charge >= 0.3 is 0 Å². The summed E-state index contributed by atoms with van der Waals surface area (Å²) in [6, 6.07) is 14.8. The van der Waals surface area contributed by atoms with E-state index in [0.717, 1.165) is 51.8 Å². The highest BCUT2D eigenvalue weighted by Crippen LogP contribution is 2.44. The van der Waals surface area contributed by atoms with Crippen LogP contribution in [0.4, 0.5) is 33.6 Å². The highest BCUT2D eigenvalue weighted by Gasteiger charge is 2.26. The van der Waals surface area contributed by atoms with Crippen molar-refractivity contribution in [2.45, 2.75) is 60.1 Å². The lowest BCUT2D eigenvalue weighted by Crippen LogP contribution is -2.08. The van der Waals surface area contributed by atoms with E-state index in [9.17, 15) is 75.2 Å². The van der Waals surface area contributed by atoms with E-state index < -0.39 is 82.7 Å². The van der Waals surface area contributed by atoms with E-state index in [1.807, 2.05) is 6.07 Å². The third-order valence-corrected chi connectivity index (χ3v) is 18.1. The van der Waals surface area contributed by atoms with Gasteiger partial charge in [0, 0.05) is 21.9 Å². The molecule has 5 aromatic carbocycles. The third kappa shape index (κ3) is 12.9. The summed E-state index contributed by atoms with van der Waals surface area (Å²) in [7, 11) is -22.9. The van der Waals surface area contributed by atoms with Crippen LogP contribution < -0.4 is 4.74 Å². The average molecular weight is 1220 g/mol. The fourth-order valence-corrected chi connectivity index (χ4v) is 13.0. The molecule has 0 saturated heterocycles. The zero-order valence-electron chi connectivity index (χ0n) is 41.0. The van der Waals surface area contributed by atoms with Gasteiger partial charge < -0.3 is 9.84 Å². The van der Waals surface area contributed by atoms with Crippen LogP contribution >= 0.6 is 23.1 Å². The summed E-state index contributed by atoms with van der Waals surface area (Å²) in [4.78, 5) is 7.51. The zero-order chi connectivity index (χ0) is 57.7. The fourth-order valence-electron chi connectivity index (χ4n) is 7.94. The van der Waals surface area contributed by atoms with Crippen LogP contribution in [0.15, 0.2) is 111 Å². The van der Waals surface area contributed by atoms with Crippen molar-refractivity contribution in [2.75, 3.05) is 23.9 Å². The number of aromatic nitrogens is 3. The maximum absolute atomic E-state index is 12.5. The number of nitrogens with zero attached hydrogens (tertiary/aromatic N) is 10. The Labute approximate surface area is 457 Å². The van der Waals surface area contributed by atoms with E-state index in [2.05, 4.69) is 40.7 Å². The summed E-state index contributed by atoms with van der Waals surface area (Å²) in [5.74, 6) is -1.70. The summed E-state index contributed by atoms with van der Waals surface area (Å²) in [5, 5.41) is 48.2. The van der Waals surface area contributed by atoms with Gasteiger partial charge in [-0.1, -0.05) is 17.4 Å². The van der Waals surface area contributed by atoms with Gasteiger partial charge in [0.1, 0.15) is 33.5 Å². The second kappa shape index (κ2) is 21.9. The Balaban J connectivity index is 1.18. The summed E-state index contributed by atoms with van der Waals surface area (Å²) < 4.78 is 175. The number of nitriles is 1. The fraction of sp³-hybridized carbons (Fsp3) is 0.222. The predicted octanol–water partition coefficient (Wildman–Crippen LogP) is 10.1. The molecule has 0 spiro atoms. The molecular weight excluding hydrogens is 1180 g/mol. The molecule has 0 atom stereocenters. The van der Waals surface area contributed by atoms with Crippen LogP contribution in [0.5, 0.6) is 11.6 Å². The molecule has 79 heavy (non-hydrogen) atoms. The van der Waals surface area contributed by atoms with Crippen molar-refractivity contribution in [1.29, 1.82) is 5.26 Å². The van der Waals surface area contributed by atoms with E-state index in [1.165, 1.54) is 44.2 Å². The number of rotatable bonds is 19. The van der Waals surface area contributed by atoms with Crippen molar-refractivity contribution in [1.82, 2.24) is 14.4 Å². The normalized spacial score (nSPS) is 13.1. The number of pyridine rings is 1. The number of aromatic hydroxyl groups is 1. The summed E-state index contributed by atoms with van der Waals surface area (Å²) in [6.45, 7) is 5.82. The second-order valence-corrected chi connectivity index (χ2v) is 26.7. The van der Waals surface area contributed by atoms with Gasteiger partial charge in [-0.3, -0.25) is 27.2 Å². The van der Waals surface area contributed by atoms with Crippen LogP contribution in [0, 0.1) is 39.0 Å². The molecule has 414 valence electrons. The summed E-state index contributed by atoms with van der Waals surface area (Å²) in [6.07, 6.45) is -0.193. The van der Waals surface area contributed by atoms with Crippen LogP contribution in [0.3, 0.4) is 0 Å². The lowest BCUT2D eigenvalue weighted by Gasteiger charge is -2.12. The molecule has 6 N–H and O–H groups in total. The molecule has 0 aliphatic carbocycles. The Morgan fingerprint density at radius 3 is 1.92 bits per heavy atom. The third-order valence-electron chi connectivity index (χ3n) is 11.7. The van der Waals surface area contributed by atoms with Crippen molar-refractivity contribution < 1.29 is 74.7 Å². The molecule has 8 rings (SSSR count). The van der Waals surface area contributed by atoms with E-state index in [1.54, 1.807) is 19.9 Å². The quantitative estimate of drug-likeness (QED) is 0.0190.